The summed E-state index contributed by atoms with van der Waals surface area (Å²) in [6.45, 7) is 9.32. The molecule has 2 amide bonds. The average molecular weight is 498 g/mol. The number of thioether (sulfide) groups is 1. The van der Waals surface area contributed by atoms with Crippen molar-refractivity contribution in [3.05, 3.63) is 53.9 Å². The summed E-state index contributed by atoms with van der Waals surface area (Å²) < 4.78 is 13.2. The summed E-state index contributed by atoms with van der Waals surface area (Å²) >= 11 is 1.31. The van der Waals surface area contributed by atoms with Crippen LogP contribution in [0.4, 0.5) is 11.4 Å². The number of methoxy groups -OCH3 is 1. The minimum atomic E-state index is -0.346. The molecule has 9 nitrogen and oxygen atoms in total. The van der Waals surface area contributed by atoms with Crippen LogP contribution in [0, 0.1) is 6.92 Å². The number of nitrogens with zero attached hydrogens (tertiary/aromatic N) is 3. The molecule has 1 atom stereocenters. The maximum absolute atomic E-state index is 12.6. The van der Waals surface area contributed by atoms with E-state index in [0.717, 1.165) is 11.3 Å². The molecule has 3 aromatic rings. The third-order valence-corrected chi connectivity index (χ3v) is 6.05. The van der Waals surface area contributed by atoms with Gasteiger partial charge in [0.05, 0.1) is 12.9 Å². The molecular weight excluding hydrogens is 466 g/mol. The highest BCUT2D eigenvalue weighted by Gasteiger charge is 2.22. The van der Waals surface area contributed by atoms with Crippen LogP contribution in [-0.2, 0) is 9.59 Å². The van der Waals surface area contributed by atoms with Gasteiger partial charge in [0.2, 0.25) is 11.8 Å². The van der Waals surface area contributed by atoms with E-state index < -0.39 is 0 Å². The Balaban J connectivity index is 1.66. The fourth-order valence-electron chi connectivity index (χ4n) is 3.41. The van der Waals surface area contributed by atoms with E-state index in [1.54, 1.807) is 19.2 Å². The summed E-state index contributed by atoms with van der Waals surface area (Å²) in [5.74, 6) is 1.93. The normalized spacial score (nSPS) is 11.7. The highest BCUT2D eigenvalue weighted by Crippen LogP contribution is 2.28. The van der Waals surface area contributed by atoms with Gasteiger partial charge in [-0.3, -0.25) is 9.59 Å². The molecule has 2 aromatic carbocycles. The molecule has 1 unspecified atom stereocenters. The summed E-state index contributed by atoms with van der Waals surface area (Å²) in [6.07, 6.45) is -0.346. The zero-order valence-corrected chi connectivity index (χ0v) is 21.6. The van der Waals surface area contributed by atoms with Crippen LogP contribution in [0.5, 0.6) is 11.5 Å². The van der Waals surface area contributed by atoms with Gasteiger partial charge in [0.1, 0.15) is 11.5 Å². The maximum atomic E-state index is 12.6. The van der Waals surface area contributed by atoms with Gasteiger partial charge in [-0.2, -0.15) is 0 Å². The second-order valence-corrected chi connectivity index (χ2v) is 9.23. The van der Waals surface area contributed by atoms with E-state index in [1.165, 1.54) is 18.7 Å². The van der Waals surface area contributed by atoms with E-state index in [9.17, 15) is 9.59 Å². The highest BCUT2D eigenvalue weighted by molar-refractivity contribution is 7.99. The van der Waals surface area contributed by atoms with E-state index in [-0.39, 0.29) is 29.7 Å². The lowest BCUT2D eigenvalue weighted by Gasteiger charge is -2.19. The van der Waals surface area contributed by atoms with Gasteiger partial charge < -0.3 is 24.7 Å². The fourth-order valence-corrected chi connectivity index (χ4v) is 4.29. The predicted molar refractivity (Wildman–Crippen MR) is 137 cm³/mol. The molecule has 35 heavy (non-hydrogen) atoms. The van der Waals surface area contributed by atoms with Crippen LogP contribution in [0.1, 0.15) is 51.2 Å². The molecule has 0 spiro atoms. The van der Waals surface area contributed by atoms with Crippen LogP contribution in [-0.4, -0.2) is 39.4 Å². The molecule has 0 saturated carbocycles. The number of hydrogen-bond donors (Lipinski definition) is 2. The molecule has 0 aliphatic carbocycles. The number of ether oxygens (including phenoxy) is 2. The monoisotopic (exact) mass is 497 g/mol. The molecule has 0 bridgehead atoms. The number of amides is 2. The number of carbonyl (C=O) groups is 2. The third kappa shape index (κ3) is 6.98. The molecule has 186 valence electrons. The van der Waals surface area contributed by atoms with Crippen LogP contribution in [0.2, 0.25) is 0 Å². The molecule has 2 N–H and O–H groups in total. The number of nitrogens with one attached hydrogen (secondary N) is 2. The first-order valence-corrected chi connectivity index (χ1v) is 12.2. The van der Waals surface area contributed by atoms with Crippen LogP contribution < -0.4 is 20.1 Å². The quantitative estimate of drug-likeness (QED) is 0.379. The summed E-state index contributed by atoms with van der Waals surface area (Å²) in [6, 6.07) is 12.8. The van der Waals surface area contributed by atoms with Gasteiger partial charge in [-0.1, -0.05) is 17.8 Å². The largest absolute Gasteiger partial charge is 0.497 e. The van der Waals surface area contributed by atoms with Gasteiger partial charge in [-0.15, -0.1) is 10.2 Å². The van der Waals surface area contributed by atoms with Crippen LogP contribution in [0.25, 0.3) is 0 Å². The molecular formula is C25H31N5O4S. The zero-order chi connectivity index (χ0) is 25.5. The highest BCUT2D eigenvalue weighted by atomic mass is 32.2. The molecule has 1 heterocycles. The molecule has 3 rings (SSSR count). The molecule has 0 aliphatic heterocycles. The number of hydrogen-bond acceptors (Lipinski definition) is 7. The standard InChI is InChI=1S/C25H31N5O4S/c1-15(2)30-24(17(4)34-21-11-9-20(33-6)10-12-21)28-29-25(30)35-14-23(32)27-19-8-7-16(3)22(13-19)26-18(5)31/h7-13,15,17H,14H2,1-6H3,(H,26,31)(H,27,32). The second kappa shape index (κ2) is 11.7. The van der Waals surface area contributed by atoms with Crippen molar-refractivity contribution in [3.8, 4) is 11.5 Å². The summed E-state index contributed by atoms with van der Waals surface area (Å²) in [4.78, 5) is 24.0. The number of aryl methyl sites for hydroxylation is 1. The summed E-state index contributed by atoms with van der Waals surface area (Å²) in [7, 11) is 1.62. The number of carbonyl (C=O) groups excluding carboxylic acids is 2. The van der Waals surface area contributed by atoms with Crippen LogP contribution >= 0.6 is 11.8 Å². The molecule has 0 aliphatic rings. The van der Waals surface area contributed by atoms with Gasteiger partial charge in [0.15, 0.2) is 17.1 Å². The Labute approximate surface area is 209 Å². The second-order valence-electron chi connectivity index (χ2n) is 8.29. The fraction of sp³-hybridized carbons (Fsp3) is 0.360. The molecule has 0 fully saturated rings. The van der Waals surface area contributed by atoms with Gasteiger partial charge in [0.25, 0.3) is 0 Å². The summed E-state index contributed by atoms with van der Waals surface area (Å²) in [5, 5.41) is 14.9. The van der Waals surface area contributed by atoms with Crippen molar-refractivity contribution in [1.29, 1.82) is 0 Å². The van der Waals surface area contributed by atoms with Crippen molar-refractivity contribution < 1.29 is 19.1 Å². The predicted octanol–water partition coefficient (Wildman–Crippen LogP) is 5.01. The van der Waals surface area contributed by atoms with E-state index >= 15 is 0 Å². The van der Waals surface area contributed by atoms with Gasteiger partial charge in [-0.05, 0) is 69.7 Å². The van der Waals surface area contributed by atoms with E-state index in [0.29, 0.717) is 28.1 Å². The smallest absolute Gasteiger partial charge is 0.234 e. The zero-order valence-electron chi connectivity index (χ0n) is 20.8. The van der Waals surface area contributed by atoms with Crippen molar-refractivity contribution in [3.63, 3.8) is 0 Å². The van der Waals surface area contributed by atoms with E-state index in [1.807, 2.05) is 62.6 Å². The summed E-state index contributed by atoms with van der Waals surface area (Å²) in [5.41, 5.74) is 2.19. The van der Waals surface area contributed by atoms with Gasteiger partial charge in [0, 0.05) is 24.3 Å². The Hall–Kier alpha value is -3.53. The van der Waals surface area contributed by atoms with Crippen LogP contribution in [0.15, 0.2) is 47.6 Å². The molecule has 0 saturated heterocycles. The Bertz CT molecular complexity index is 1180. The SMILES string of the molecule is COc1ccc(OC(C)c2nnc(SCC(=O)Nc3ccc(C)c(NC(C)=O)c3)n2C(C)C)cc1. The number of rotatable bonds is 10. The molecule has 0 radical (unpaired) electrons. The lowest BCUT2D eigenvalue weighted by molar-refractivity contribution is -0.114. The Kier molecular flexibility index (Phi) is 8.75. The average Bonchev–Trinajstić information content (AvgIpc) is 3.25. The van der Waals surface area contributed by atoms with Crippen molar-refractivity contribution in [2.24, 2.45) is 0 Å². The van der Waals surface area contributed by atoms with E-state index in [4.69, 9.17) is 9.47 Å². The lowest BCUT2D eigenvalue weighted by atomic mass is 10.2. The third-order valence-electron chi connectivity index (χ3n) is 5.11. The first-order valence-electron chi connectivity index (χ1n) is 11.2. The van der Waals surface area contributed by atoms with Gasteiger partial charge in [-0.25, -0.2) is 0 Å². The topological polar surface area (TPSA) is 107 Å². The first kappa shape index (κ1) is 26.1. The Morgan fingerprint density at radius 2 is 1.71 bits per heavy atom. The lowest BCUT2D eigenvalue weighted by Crippen LogP contribution is -2.17. The van der Waals surface area contributed by atoms with Crippen molar-refractivity contribution in [1.82, 2.24) is 14.8 Å². The number of aromatic nitrogens is 3. The van der Waals surface area contributed by atoms with E-state index in [2.05, 4.69) is 20.8 Å². The number of benzene rings is 2. The maximum Gasteiger partial charge on any atom is 0.234 e. The molecule has 10 heteroatoms. The van der Waals surface area contributed by atoms with Gasteiger partial charge >= 0.3 is 0 Å². The minimum Gasteiger partial charge on any atom is -0.497 e. The van der Waals surface area contributed by atoms with Crippen LogP contribution in [0.3, 0.4) is 0 Å². The first-order chi connectivity index (χ1) is 16.7. The minimum absolute atomic E-state index is 0.0739. The number of anilines is 2. The van der Waals surface area contributed by atoms with Crippen molar-refractivity contribution in [2.45, 2.75) is 51.9 Å². The van der Waals surface area contributed by atoms with Crippen molar-refractivity contribution >= 4 is 35.0 Å². The Morgan fingerprint density at radius 1 is 1.03 bits per heavy atom. The molecule has 1 aromatic heterocycles. The Morgan fingerprint density at radius 3 is 2.34 bits per heavy atom. The van der Waals surface area contributed by atoms with Crippen molar-refractivity contribution in [2.75, 3.05) is 23.5 Å².